The Morgan fingerprint density at radius 2 is 1.88 bits per heavy atom. The molecule has 1 fully saturated rings. The number of carbonyl (C=O) groups excluding carboxylic acids is 1. The lowest BCUT2D eigenvalue weighted by molar-refractivity contribution is 0.180. The fourth-order valence-corrected chi connectivity index (χ4v) is 4.39. The topological polar surface area (TPSA) is 112 Å². The van der Waals surface area contributed by atoms with E-state index in [0.29, 0.717) is 36.5 Å². The standard InChI is InChI=1S/C26H31N7O/c27-17-23-24(31-33(25(23)28)22-12-5-2-6-13-22)14-7-15-29-26(34)30-21-11-8-16-32(19-21)18-20-9-3-1-4-10-20/h1-6,9-10,12-13,21H,7-8,11,14-16,18-19,28H2,(H2,29,30,34). The first-order chi connectivity index (χ1) is 16.6. The number of para-hydroxylation sites is 1. The van der Waals surface area contributed by atoms with Crippen molar-refractivity contribution < 1.29 is 4.79 Å². The van der Waals surface area contributed by atoms with Crippen molar-refractivity contribution in [2.75, 3.05) is 25.4 Å². The van der Waals surface area contributed by atoms with Crippen LogP contribution in [0.5, 0.6) is 0 Å². The second kappa shape index (κ2) is 11.3. The third-order valence-electron chi connectivity index (χ3n) is 6.07. The Labute approximate surface area is 200 Å². The zero-order valence-electron chi connectivity index (χ0n) is 19.3. The molecule has 2 heterocycles. The van der Waals surface area contributed by atoms with Crippen LogP contribution in [0.2, 0.25) is 0 Å². The molecule has 176 valence electrons. The predicted octanol–water partition coefficient (Wildman–Crippen LogP) is 3.22. The van der Waals surface area contributed by atoms with E-state index < -0.39 is 0 Å². The van der Waals surface area contributed by atoms with E-state index in [1.54, 1.807) is 4.68 Å². The van der Waals surface area contributed by atoms with E-state index in [4.69, 9.17) is 5.73 Å². The number of carbonyl (C=O) groups is 1. The highest BCUT2D eigenvalue weighted by molar-refractivity contribution is 5.74. The van der Waals surface area contributed by atoms with Gasteiger partial charge in [0.15, 0.2) is 0 Å². The van der Waals surface area contributed by atoms with Crippen molar-refractivity contribution in [1.29, 1.82) is 5.26 Å². The number of likely N-dealkylation sites (tertiary alicyclic amines) is 1. The number of nitrogens with zero attached hydrogens (tertiary/aromatic N) is 4. The van der Waals surface area contributed by atoms with Gasteiger partial charge >= 0.3 is 6.03 Å². The molecule has 4 rings (SSSR count). The average molecular weight is 458 g/mol. The molecule has 2 amide bonds. The molecule has 0 saturated carbocycles. The lowest BCUT2D eigenvalue weighted by atomic mass is 10.0. The molecule has 0 spiro atoms. The maximum Gasteiger partial charge on any atom is 0.315 e. The molecule has 0 bridgehead atoms. The molecule has 1 aliphatic heterocycles. The van der Waals surface area contributed by atoms with Gasteiger partial charge in [-0.25, -0.2) is 9.48 Å². The Bertz CT molecular complexity index is 1120. The Morgan fingerprint density at radius 3 is 2.62 bits per heavy atom. The number of nitriles is 1. The Kier molecular flexibility index (Phi) is 7.79. The summed E-state index contributed by atoms with van der Waals surface area (Å²) >= 11 is 0. The number of rotatable bonds is 8. The van der Waals surface area contributed by atoms with Gasteiger partial charge in [-0.15, -0.1) is 0 Å². The molecule has 1 unspecified atom stereocenters. The van der Waals surface area contributed by atoms with Gasteiger partial charge in [-0.2, -0.15) is 10.4 Å². The molecule has 1 atom stereocenters. The van der Waals surface area contributed by atoms with Gasteiger partial charge in [0, 0.05) is 25.7 Å². The number of nitrogens with two attached hydrogens (primary N) is 1. The first kappa shape index (κ1) is 23.3. The second-order valence-corrected chi connectivity index (χ2v) is 8.63. The Hall–Kier alpha value is -3.83. The van der Waals surface area contributed by atoms with Crippen LogP contribution in [0.15, 0.2) is 60.7 Å². The summed E-state index contributed by atoms with van der Waals surface area (Å²) in [6.07, 6.45) is 3.28. The third kappa shape index (κ3) is 5.94. The van der Waals surface area contributed by atoms with Crippen LogP contribution in [0, 0.1) is 11.3 Å². The van der Waals surface area contributed by atoms with Crippen LogP contribution < -0.4 is 16.4 Å². The number of nitrogen functional groups attached to an aromatic ring is 1. The van der Waals surface area contributed by atoms with Crippen LogP contribution in [-0.4, -0.2) is 46.4 Å². The number of benzene rings is 2. The summed E-state index contributed by atoms with van der Waals surface area (Å²) in [5.74, 6) is 0.340. The number of anilines is 1. The van der Waals surface area contributed by atoms with Gasteiger partial charge in [-0.05, 0) is 49.9 Å². The predicted molar refractivity (Wildman–Crippen MR) is 132 cm³/mol. The minimum absolute atomic E-state index is 0.143. The fraction of sp³-hybridized carbons (Fsp3) is 0.346. The molecule has 8 nitrogen and oxygen atoms in total. The molecular formula is C26H31N7O. The van der Waals surface area contributed by atoms with E-state index in [-0.39, 0.29) is 12.1 Å². The molecule has 3 aromatic rings. The van der Waals surface area contributed by atoms with E-state index in [1.165, 1.54) is 5.56 Å². The summed E-state index contributed by atoms with van der Waals surface area (Å²) in [7, 11) is 0. The minimum atomic E-state index is -0.151. The second-order valence-electron chi connectivity index (χ2n) is 8.63. The largest absolute Gasteiger partial charge is 0.382 e. The molecule has 1 aromatic heterocycles. The Balaban J connectivity index is 1.23. The summed E-state index contributed by atoms with van der Waals surface area (Å²) in [5.41, 5.74) is 9.31. The monoisotopic (exact) mass is 457 g/mol. The smallest absolute Gasteiger partial charge is 0.315 e. The van der Waals surface area contributed by atoms with Crippen LogP contribution in [0.4, 0.5) is 10.6 Å². The highest BCUT2D eigenvalue weighted by Gasteiger charge is 2.21. The Morgan fingerprint density at radius 1 is 1.15 bits per heavy atom. The first-order valence-corrected chi connectivity index (χ1v) is 11.8. The van der Waals surface area contributed by atoms with E-state index in [0.717, 1.165) is 38.2 Å². The SMILES string of the molecule is N#Cc1c(CCCNC(=O)NC2CCCN(Cc3ccccc3)C2)nn(-c2ccccc2)c1N. The summed E-state index contributed by atoms with van der Waals surface area (Å²) in [6.45, 7) is 3.30. The van der Waals surface area contributed by atoms with Crippen LogP contribution in [0.3, 0.4) is 0 Å². The number of hydrogen-bond acceptors (Lipinski definition) is 5. The number of aryl methyl sites for hydroxylation is 1. The van der Waals surface area contributed by atoms with Crippen LogP contribution in [0.1, 0.15) is 36.1 Å². The van der Waals surface area contributed by atoms with Crippen molar-refractivity contribution in [1.82, 2.24) is 25.3 Å². The zero-order valence-corrected chi connectivity index (χ0v) is 19.3. The van der Waals surface area contributed by atoms with E-state index in [9.17, 15) is 10.1 Å². The van der Waals surface area contributed by atoms with Crippen molar-refractivity contribution in [3.05, 3.63) is 77.5 Å². The lowest BCUT2D eigenvalue weighted by Gasteiger charge is -2.33. The summed E-state index contributed by atoms with van der Waals surface area (Å²) in [6, 6.07) is 22.1. The number of piperidine rings is 1. The molecule has 1 saturated heterocycles. The van der Waals surface area contributed by atoms with Gasteiger partial charge < -0.3 is 16.4 Å². The maximum atomic E-state index is 12.4. The van der Waals surface area contributed by atoms with Gasteiger partial charge in [0.25, 0.3) is 0 Å². The molecule has 0 aliphatic carbocycles. The van der Waals surface area contributed by atoms with Gasteiger partial charge in [0.1, 0.15) is 17.5 Å². The average Bonchev–Trinajstić information content (AvgIpc) is 3.18. The van der Waals surface area contributed by atoms with E-state index in [1.807, 2.05) is 36.4 Å². The minimum Gasteiger partial charge on any atom is -0.382 e. The third-order valence-corrected chi connectivity index (χ3v) is 6.07. The number of amides is 2. The summed E-state index contributed by atoms with van der Waals surface area (Å²) in [5, 5.41) is 20.1. The molecular weight excluding hydrogens is 426 g/mol. The fourth-order valence-electron chi connectivity index (χ4n) is 4.39. The van der Waals surface area contributed by atoms with Gasteiger partial charge in [0.05, 0.1) is 11.4 Å². The van der Waals surface area contributed by atoms with Gasteiger partial charge in [-0.1, -0.05) is 48.5 Å². The molecule has 4 N–H and O–H groups in total. The lowest BCUT2D eigenvalue weighted by Crippen LogP contribution is -2.50. The number of urea groups is 1. The number of hydrogen-bond donors (Lipinski definition) is 3. The van der Waals surface area contributed by atoms with Gasteiger partial charge in [-0.3, -0.25) is 4.90 Å². The summed E-state index contributed by atoms with van der Waals surface area (Å²) < 4.78 is 1.60. The van der Waals surface area contributed by atoms with Crippen LogP contribution >= 0.6 is 0 Å². The van der Waals surface area contributed by atoms with Crippen molar-refractivity contribution in [2.24, 2.45) is 0 Å². The highest BCUT2D eigenvalue weighted by atomic mass is 16.2. The summed E-state index contributed by atoms with van der Waals surface area (Å²) in [4.78, 5) is 14.8. The first-order valence-electron chi connectivity index (χ1n) is 11.8. The molecule has 34 heavy (non-hydrogen) atoms. The van der Waals surface area contributed by atoms with Crippen molar-refractivity contribution in [3.8, 4) is 11.8 Å². The number of aromatic nitrogens is 2. The molecule has 2 aromatic carbocycles. The van der Waals surface area contributed by atoms with Crippen molar-refractivity contribution >= 4 is 11.8 Å². The highest BCUT2D eigenvalue weighted by Crippen LogP contribution is 2.21. The van der Waals surface area contributed by atoms with Crippen molar-refractivity contribution in [3.63, 3.8) is 0 Å². The number of nitrogens with one attached hydrogen (secondary N) is 2. The van der Waals surface area contributed by atoms with Crippen LogP contribution in [-0.2, 0) is 13.0 Å². The van der Waals surface area contributed by atoms with E-state index in [2.05, 4.69) is 51.0 Å². The maximum absolute atomic E-state index is 12.4. The van der Waals surface area contributed by atoms with Crippen molar-refractivity contribution in [2.45, 2.75) is 38.3 Å². The molecule has 1 aliphatic rings. The van der Waals surface area contributed by atoms with E-state index >= 15 is 0 Å². The molecule has 8 heteroatoms. The van der Waals surface area contributed by atoms with Gasteiger partial charge in [0.2, 0.25) is 0 Å². The normalized spacial score (nSPS) is 16.0. The zero-order chi connectivity index (χ0) is 23.8. The van der Waals surface area contributed by atoms with Crippen LogP contribution in [0.25, 0.3) is 5.69 Å². The quantitative estimate of drug-likeness (QED) is 0.450. The molecule has 0 radical (unpaired) electrons.